The van der Waals surface area contributed by atoms with Crippen LogP contribution in [0.3, 0.4) is 0 Å². The molecule has 5 heteroatoms. The summed E-state index contributed by atoms with van der Waals surface area (Å²) >= 11 is 3.54. The van der Waals surface area contributed by atoms with Crippen LogP contribution in [0.15, 0.2) is 22.7 Å². The van der Waals surface area contributed by atoms with E-state index in [-0.39, 0.29) is 18.3 Å². The highest BCUT2D eigenvalue weighted by Crippen LogP contribution is 2.34. The molecule has 0 aliphatic carbocycles. The number of alkyl halides is 3. The van der Waals surface area contributed by atoms with Crippen LogP contribution in [0.2, 0.25) is 0 Å². The van der Waals surface area contributed by atoms with Gasteiger partial charge in [0.1, 0.15) is 0 Å². The van der Waals surface area contributed by atoms with Crippen molar-refractivity contribution in [3.05, 3.63) is 33.8 Å². The Balaban J connectivity index is 2.02. The van der Waals surface area contributed by atoms with Crippen molar-refractivity contribution < 1.29 is 13.2 Å². The molecule has 0 atom stereocenters. The van der Waals surface area contributed by atoms with Crippen molar-refractivity contribution in [3.63, 3.8) is 0 Å². The van der Waals surface area contributed by atoms with Crippen LogP contribution in [0, 0.1) is 5.92 Å². The topological polar surface area (TPSA) is 3.24 Å². The first-order valence-electron chi connectivity index (χ1n) is 7.65. The van der Waals surface area contributed by atoms with Gasteiger partial charge in [-0.15, -0.1) is 0 Å². The van der Waals surface area contributed by atoms with Crippen LogP contribution >= 0.6 is 15.9 Å². The molecule has 1 aromatic rings. The van der Waals surface area contributed by atoms with Gasteiger partial charge >= 0.3 is 6.18 Å². The highest BCUT2D eigenvalue weighted by molar-refractivity contribution is 9.10. The summed E-state index contributed by atoms with van der Waals surface area (Å²) < 4.78 is 39.2. The zero-order valence-electron chi connectivity index (χ0n) is 13.3. The van der Waals surface area contributed by atoms with Crippen molar-refractivity contribution in [3.8, 4) is 0 Å². The maximum absolute atomic E-state index is 12.7. The Morgan fingerprint density at radius 1 is 1.09 bits per heavy atom. The molecule has 0 N–H and O–H groups in total. The van der Waals surface area contributed by atoms with Crippen molar-refractivity contribution in [2.24, 2.45) is 5.92 Å². The molecule has 2 rings (SSSR count). The molecule has 1 fully saturated rings. The fraction of sp³-hybridized carbons (Fsp3) is 0.647. The van der Waals surface area contributed by atoms with Crippen LogP contribution in [0.5, 0.6) is 0 Å². The molecular formula is C17H23BrF3N. The minimum atomic E-state index is -4.04. The number of hydrogen-bond donors (Lipinski definition) is 0. The molecule has 1 aliphatic heterocycles. The van der Waals surface area contributed by atoms with Crippen molar-refractivity contribution >= 4 is 15.9 Å². The number of rotatable bonds is 2. The molecule has 1 saturated heterocycles. The lowest BCUT2D eigenvalue weighted by Crippen LogP contribution is -2.38. The van der Waals surface area contributed by atoms with Gasteiger partial charge < -0.3 is 0 Å². The Hall–Kier alpha value is -0.550. The van der Waals surface area contributed by atoms with Crippen LogP contribution in [0.1, 0.15) is 44.7 Å². The maximum Gasteiger partial charge on any atom is 0.391 e. The quantitative estimate of drug-likeness (QED) is 0.655. The third kappa shape index (κ3) is 4.72. The van der Waals surface area contributed by atoms with E-state index in [1.54, 1.807) is 0 Å². The third-order valence-corrected chi connectivity index (χ3v) is 4.74. The summed E-state index contributed by atoms with van der Waals surface area (Å²) in [5.41, 5.74) is 2.45. The largest absolute Gasteiger partial charge is 0.391 e. The van der Waals surface area contributed by atoms with E-state index in [1.165, 1.54) is 5.56 Å². The van der Waals surface area contributed by atoms with Crippen molar-refractivity contribution in [1.29, 1.82) is 0 Å². The molecule has 124 valence electrons. The highest BCUT2D eigenvalue weighted by atomic mass is 79.9. The summed E-state index contributed by atoms with van der Waals surface area (Å²) in [5.74, 6) is -1.13. The van der Waals surface area contributed by atoms with E-state index in [2.05, 4.69) is 59.8 Å². The van der Waals surface area contributed by atoms with Crippen LogP contribution in [-0.2, 0) is 12.0 Å². The average Bonchev–Trinajstić information content (AvgIpc) is 2.36. The van der Waals surface area contributed by atoms with Gasteiger partial charge in [-0.25, -0.2) is 0 Å². The smallest absolute Gasteiger partial charge is 0.299 e. The Morgan fingerprint density at radius 2 is 1.68 bits per heavy atom. The molecule has 0 spiro atoms. The highest BCUT2D eigenvalue weighted by Gasteiger charge is 2.40. The summed E-state index contributed by atoms with van der Waals surface area (Å²) in [5, 5.41) is 0. The van der Waals surface area contributed by atoms with E-state index in [9.17, 15) is 13.2 Å². The monoisotopic (exact) mass is 377 g/mol. The van der Waals surface area contributed by atoms with E-state index in [1.807, 2.05) is 0 Å². The first-order valence-corrected chi connectivity index (χ1v) is 8.44. The van der Waals surface area contributed by atoms with E-state index in [0.29, 0.717) is 19.6 Å². The number of piperidine rings is 1. The van der Waals surface area contributed by atoms with Crippen molar-refractivity contribution in [1.82, 2.24) is 4.90 Å². The second-order valence-corrected chi connectivity index (χ2v) is 8.11. The number of likely N-dealkylation sites (tertiary alicyclic amines) is 1. The van der Waals surface area contributed by atoms with Crippen LogP contribution in [0.25, 0.3) is 0 Å². The Morgan fingerprint density at radius 3 is 2.18 bits per heavy atom. The summed E-state index contributed by atoms with van der Waals surface area (Å²) in [6, 6.07) is 6.34. The van der Waals surface area contributed by atoms with Gasteiger partial charge in [0.2, 0.25) is 0 Å². The van der Waals surface area contributed by atoms with Crippen LogP contribution < -0.4 is 0 Å². The molecule has 22 heavy (non-hydrogen) atoms. The van der Waals surface area contributed by atoms with Crippen LogP contribution in [-0.4, -0.2) is 24.2 Å². The minimum Gasteiger partial charge on any atom is -0.299 e. The molecule has 0 unspecified atom stereocenters. The maximum atomic E-state index is 12.7. The van der Waals surface area contributed by atoms with Crippen molar-refractivity contribution in [2.45, 2.75) is 51.7 Å². The van der Waals surface area contributed by atoms with Crippen LogP contribution in [0.4, 0.5) is 13.2 Å². The number of halogens is 4. The van der Waals surface area contributed by atoms with Gasteiger partial charge in [-0.05, 0) is 54.6 Å². The SMILES string of the molecule is CC(C)(C)c1cc(Br)cc(CN2CCC(C(F)(F)F)CC2)c1. The van der Waals surface area contributed by atoms with E-state index in [0.717, 1.165) is 10.0 Å². The number of nitrogens with zero attached hydrogens (tertiary/aromatic N) is 1. The summed E-state index contributed by atoms with van der Waals surface area (Å²) in [4.78, 5) is 2.12. The number of hydrogen-bond acceptors (Lipinski definition) is 1. The lowest BCUT2D eigenvalue weighted by molar-refractivity contribution is -0.185. The fourth-order valence-corrected chi connectivity index (χ4v) is 3.39. The molecule has 1 aliphatic rings. The van der Waals surface area contributed by atoms with E-state index in [4.69, 9.17) is 0 Å². The standard InChI is InChI=1S/C17H23BrF3N/c1-16(2,3)14-8-12(9-15(18)10-14)11-22-6-4-13(5-7-22)17(19,20)21/h8-10,13H,4-7,11H2,1-3H3. The number of benzene rings is 1. The molecule has 0 aromatic heterocycles. The van der Waals surface area contributed by atoms with Gasteiger partial charge in [0.25, 0.3) is 0 Å². The Kier molecular flexibility index (Phi) is 5.27. The second kappa shape index (κ2) is 6.52. The molecule has 0 amide bonds. The lowest BCUT2D eigenvalue weighted by atomic mass is 9.86. The third-order valence-electron chi connectivity index (χ3n) is 4.28. The molecule has 0 bridgehead atoms. The normalized spacial score (nSPS) is 18.7. The second-order valence-electron chi connectivity index (χ2n) is 7.19. The van der Waals surface area contributed by atoms with Gasteiger partial charge in [-0.1, -0.05) is 42.8 Å². The lowest BCUT2D eigenvalue weighted by Gasteiger charge is -2.33. The summed E-state index contributed by atoms with van der Waals surface area (Å²) in [7, 11) is 0. The predicted octanol–water partition coefficient (Wildman–Crippen LogP) is 5.52. The zero-order valence-corrected chi connectivity index (χ0v) is 14.9. The summed E-state index contributed by atoms with van der Waals surface area (Å²) in [6.45, 7) is 8.23. The van der Waals surface area contributed by atoms with Gasteiger partial charge in [-0.3, -0.25) is 4.90 Å². The molecule has 1 nitrogen and oxygen atoms in total. The van der Waals surface area contributed by atoms with Gasteiger partial charge in [0.05, 0.1) is 5.92 Å². The molecule has 0 saturated carbocycles. The van der Waals surface area contributed by atoms with E-state index >= 15 is 0 Å². The van der Waals surface area contributed by atoms with Gasteiger partial charge in [0, 0.05) is 11.0 Å². The molecule has 1 aromatic carbocycles. The predicted molar refractivity (Wildman–Crippen MR) is 86.9 cm³/mol. The zero-order chi connectivity index (χ0) is 16.5. The van der Waals surface area contributed by atoms with Crippen molar-refractivity contribution in [2.75, 3.05) is 13.1 Å². The van der Waals surface area contributed by atoms with Gasteiger partial charge in [0.15, 0.2) is 0 Å². The fourth-order valence-electron chi connectivity index (χ4n) is 2.85. The minimum absolute atomic E-state index is 0.0573. The Labute approximate surface area is 139 Å². The Bertz CT molecular complexity index is 512. The summed E-state index contributed by atoms with van der Waals surface area (Å²) in [6.07, 6.45) is -3.62. The van der Waals surface area contributed by atoms with Gasteiger partial charge in [-0.2, -0.15) is 13.2 Å². The average molecular weight is 378 g/mol. The molecule has 0 radical (unpaired) electrons. The molecular weight excluding hydrogens is 355 g/mol. The van der Waals surface area contributed by atoms with E-state index < -0.39 is 12.1 Å². The first-order chi connectivity index (χ1) is 10.1. The molecule has 1 heterocycles. The first kappa shape index (κ1) is 17.8.